The van der Waals surface area contributed by atoms with E-state index in [-0.39, 0.29) is 10.9 Å². The quantitative estimate of drug-likeness (QED) is 0.838. The van der Waals surface area contributed by atoms with Crippen molar-refractivity contribution in [3.63, 3.8) is 0 Å². The van der Waals surface area contributed by atoms with E-state index in [2.05, 4.69) is 26.2 Å². The number of hydrogen-bond acceptors (Lipinski definition) is 3. The van der Waals surface area contributed by atoms with Crippen molar-refractivity contribution in [1.82, 2.24) is 4.98 Å². The van der Waals surface area contributed by atoms with Gasteiger partial charge in [-0.25, -0.2) is 4.98 Å². The number of aryl methyl sites for hydroxylation is 1. The van der Waals surface area contributed by atoms with Gasteiger partial charge in [-0.1, -0.05) is 12.2 Å². The van der Waals surface area contributed by atoms with Crippen molar-refractivity contribution >= 4 is 44.9 Å². The number of rotatable bonds is 3. The molecule has 0 aliphatic carbocycles. The Morgan fingerprint density at radius 1 is 1.62 bits per heavy atom. The highest BCUT2D eigenvalue weighted by atomic mass is 79.9. The molecule has 1 aromatic rings. The fourth-order valence-electron chi connectivity index (χ4n) is 0.977. The lowest BCUT2D eigenvalue weighted by molar-refractivity contribution is -0.117. The summed E-state index contributed by atoms with van der Waals surface area (Å²) in [6, 6.07) is 3.53. The van der Waals surface area contributed by atoms with Crippen molar-refractivity contribution in [3.05, 3.63) is 22.3 Å². The first-order valence-electron chi connectivity index (χ1n) is 4.65. The summed E-state index contributed by atoms with van der Waals surface area (Å²) in [5.41, 5.74) is 6.19. The molecule has 0 aliphatic rings. The van der Waals surface area contributed by atoms with Crippen LogP contribution in [-0.2, 0) is 4.79 Å². The Kier molecular flexibility index (Phi) is 4.37. The van der Waals surface area contributed by atoms with E-state index in [0.717, 1.165) is 10.2 Å². The van der Waals surface area contributed by atoms with E-state index >= 15 is 0 Å². The van der Waals surface area contributed by atoms with Crippen molar-refractivity contribution < 1.29 is 4.79 Å². The SMILES string of the molecule is Cc1nc(NC(=O)C(C)C(N)=S)ccc1Br. The zero-order valence-electron chi connectivity index (χ0n) is 8.95. The summed E-state index contributed by atoms with van der Waals surface area (Å²) in [5, 5.41) is 2.65. The first kappa shape index (κ1) is 13.1. The van der Waals surface area contributed by atoms with Gasteiger partial charge in [-0.3, -0.25) is 4.79 Å². The van der Waals surface area contributed by atoms with Crippen LogP contribution in [0.5, 0.6) is 0 Å². The number of halogens is 1. The molecule has 0 fully saturated rings. The third-order valence-electron chi connectivity index (χ3n) is 2.09. The number of aromatic nitrogens is 1. The van der Waals surface area contributed by atoms with Crippen LogP contribution in [0.3, 0.4) is 0 Å². The molecule has 0 aliphatic heterocycles. The number of thiocarbonyl (C=S) groups is 1. The molecule has 1 atom stereocenters. The summed E-state index contributed by atoms with van der Waals surface area (Å²) in [6.45, 7) is 3.50. The van der Waals surface area contributed by atoms with Gasteiger partial charge in [-0.2, -0.15) is 0 Å². The van der Waals surface area contributed by atoms with Gasteiger partial charge in [0.15, 0.2) is 0 Å². The fraction of sp³-hybridized carbons (Fsp3) is 0.300. The van der Waals surface area contributed by atoms with Crippen molar-refractivity contribution in [1.29, 1.82) is 0 Å². The van der Waals surface area contributed by atoms with Crippen LogP contribution in [0.1, 0.15) is 12.6 Å². The van der Waals surface area contributed by atoms with Crippen molar-refractivity contribution in [2.75, 3.05) is 5.32 Å². The maximum Gasteiger partial charge on any atom is 0.235 e. The van der Waals surface area contributed by atoms with Crippen LogP contribution < -0.4 is 11.1 Å². The second kappa shape index (κ2) is 5.36. The molecule has 0 spiro atoms. The number of anilines is 1. The van der Waals surface area contributed by atoms with Crippen molar-refractivity contribution in [2.24, 2.45) is 11.7 Å². The van der Waals surface area contributed by atoms with E-state index in [1.54, 1.807) is 13.0 Å². The van der Waals surface area contributed by atoms with Gasteiger partial charge in [0.05, 0.1) is 16.6 Å². The molecule has 0 radical (unpaired) electrons. The molecule has 1 amide bonds. The summed E-state index contributed by atoms with van der Waals surface area (Å²) in [7, 11) is 0. The highest BCUT2D eigenvalue weighted by Gasteiger charge is 2.16. The molecule has 0 saturated heterocycles. The third-order valence-corrected chi connectivity index (χ3v) is 3.28. The molecule has 86 valence electrons. The van der Waals surface area contributed by atoms with Crippen molar-refractivity contribution in [2.45, 2.75) is 13.8 Å². The highest BCUT2D eigenvalue weighted by molar-refractivity contribution is 9.10. The maximum atomic E-state index is 11.6. The summed E-state index contributed by atoms with van der Waals surface area (Å²) >= 11 is 8.08. The Bertz CT molecular complexity index is 436. The van der Waals surface area contributed by atoms with Gasteiger partial charge in [-0.05, 0) is 41.9 Å². The van der Waals surface area contributed by atoms with Gasteiger partial charge < -0.3 is 11.1 Å². The number of carbonyl (C=O) groups excluding carboxylic acids is 1. The maximum absolute atomic E-state index is 11.6. The molecule has 3 N–H and O–H groups in total. The van der Waals surface area contributed by atoms with E-state index in [4.69, 9.17) is 18.0 Å². The van der Waals surface area contributed by atoms with Gasteiger partial charge in [0.2, 0.25) is 5.91 Å². The van der Waals surface area contributed by atoms with Crippen molar-refractivity contribution in [3.8, 4) is 0 Å². The zero-order valence-corrected chi connectivity index (χ0v) is 11.4. The highest BCUT2D eigenvalue weighted by Crippen LogP contribution is 2.16. The molecule has 1 rings (SSSR count). The summed E-state index contributed by atoms with van der Waals surface area (Å²) in [5.74, 6) is -0.253. The number of nitrogens with one attached hydrogen (secondary N) is 1. The summed E-state index contributed by atoms with van der Waals surface area (Å²) in [6.07, 6.45) is 0. The molecular weight excluding hydrogens is 290 g/mol. The molecule has 1 aromatic heterocycles. The van der Waals surface area contributed by atoms with Crippen LogP contribution in [-0.4, -0.2) is 15.9 Å². The lowest BCUT2D eigenvalue weighted by atomic mass is 10.1. The van der Waals surface area contributed by atoms with Crippen LogP contribution in [0.2, 0.25) is 0 Å². The molecule has 1 unspecified atom stereocenters. The Morgan fingerprint density at radius 2 is 2.25 bits per heavy atom. The van der Waals surface area contributed by atoms with E-state index in [9.17, 15) is 4.79 Å². The zero-order chi connectivity index (χ0) is 12.3. The van der Waals surface area contributed by atoms with Gasteiger partial charge >= 0.3 is 0 Å². The first-order chi connectivity index (χ1) is 7.41. The van der Waals surface area contributed by atoms with Gasteiger partial charge in [-0.15, -0.1) is 0 Å². The smallest absolute Gasteiger partial charge is 0.235 e. The molecule has 0 bridgehead atoms. The molecule has 0 saturated carbocycles. The molecule has 4 nitrogen and oxygen atoms in total. The Balaban J connectivity index is 2.77. The first-order valence-corrected chi connectivity index (χ1v) is 5.85. The van der Waals surface area contributed by atoms with Crippen LogP contribution >= 0.6 is 28.1 Å². The predicted octanol–water partition coefficient (Wildman–Crippen LogP) is 2.01. The second-order valence-corrected chi connectivity index (χ2v) is 4.70. The Morgan fingerprint density at radius 3 is 2.75 bits per heavy atom. The van der Waals surface area contributed by atoms with Crippen LogP contribution in [0, 0.1) is 12.8 Å². The normalized spacial score (nSPS) is 11.9. The van der Waals surface area contributed by atoms with Crippen LogP contribution in [0.15, 0.2) is 16.6 Å². The van der Waals surface area contributed by atoms with E-state index in [0.29, 0.717) is 5.82 Å². The molecule has 1 heterocycles. The van der Waals surface area contributed by atoms with Gasteiger partial charge in [0, 0.05) is 4.47 Å². The molecule has 6 heteroatoms. The van der Waals surface area contributed by atoms with Crippen LogP contribution in [0.4, 0.5) is 5.82 Å². The van der Waals surface area contributed by atoms with E-state index in [1.807, 2.05) is 13.0 Å². The van der Waals surface area contributed by atoms with Gasteiger partial charge in [0.25, 0.3) is 0 Å². The number of amides is 1. The van der Waals surface area contributed by atoms with E-state index < -0.39 is 5.92 Å². The predicted molar refractivity (Wildman–Crippen MR) is 71.3 cm³/mol. The molecular formula is C10H12BrN3OS. The molecule has 16 heavy (non-hydrogen) atoms. The number of carbonyl (C=O) groups is 1. The minimum Gasteiger partial charge on any atom is -0.393 e. The minimum atomic E-state index is -0.499. The lowest BCUT2D eigenvalue weighted by Gasteiger charge is -2.10. The van der Waals surface area contributed by atoms with E-state index in [1.165, 1.54) is 0 Å². The fourth-order valence-corrected chi connectivity index (χ4v) is 1.31. The Hall–Kier alpha value is -1.01. The molecule has 0 aromatic carbocycles. The average Bonchev–Trinajstić information content (AvgIpc) is 2.22. The standard InChI is InChI=1S/C10H12BrN3OS/c1-5(9(12)16)10(15)14-8-4-3-7(11)6(2)13-8/h3-5H,1-2H3,(H2,12,16)(H,13,14,15). The number of hydrogen-bond donors (Lipinski definition) is 2. The minimum absolute atomic E-state index is 0.173. The van der Waals surface area contributed by atoms with Crippen LogP contribution in [0.25, 0.3) is 0 Å². The van der Waals surface area contributed by atoms with Gasteiger partial charge in [0.1, 0.15) is 5.82 Å². The lowest BCUT2D eigenvalue weighted by Crippen LogP contribution is -2.31. The number of nitrogens with zero attached hydrogens (tertiary/aromatic N) is 1. The number of nitrogens with two attached hydrogens (primary N) is 1. The largest absolute Gasteiger partial charge is 0.393 e. The second-order valence-electron chi connectivity index (χ2n) is 3.38. The average molecular weight is 302 g/mol. The number of pyridine rings is 1. The topological polar surface area (TPSA) is 68.0 Å². The Labute approximate surface area is 108 Å². The third kappa shape index (κ3) is 3.24. The summed E-state index contributed by atoms with van der Waals surface area (Å²) < 4.78 is 0.896. The monoisotopic (exact) mass is 301 g/mol. The summed E-state index contributed by atoms with van der Waals surface area (Å²) in [4.78, 5) is 16.0.